The Morgan fingerprint density at radius 3 is 2.53 bits per heavy atom. The number of hydrogen-bond donors (Lipinski definition) is 1. The number of amides is 1. The molecular formula is C22H17ClFN5O. The minimum Gasteiger partial charge on any atom is -0.346 e. The molecule has 0 aliphatic rings. The minimum atomic E-state index is -0.373. The van der Waals surface area contributed by atoms with Gasteiger partial charge in [-0.3, -0.25) is 9.78 Å². The van der Waals surface area contributed by atoms with E-state index in [1.807, 2.05) is 12.1 Å². The Hall–Kier alpha value is -3.58. The lowest BCUT2D eigenvalue weighted by molar-refractivity contribution is 0.0946. The van der Waals surface area contributed by atoms with Gasteiger partial charge < -0.3 is 5.32 Å². The number of aromatic nitrogens is 4. The summed E-state index contributed by atoms with van der Waals surface area (Å²) in [6.07, 6.45) is 3.25. The molecule has 0 spiro atoms. The summed E-state index contributed by atoms with van der Waals surface area (Å²) in [6.45, 7) is 1.98. The molecular weight excluding hydrogens is 405 g/mol. The summed E-state index contributed by atoms with van der Waals surface area (Å²) in [7, 11) is 0. The van der Waals surface area contributed by atoms with Gasteiger partial charge in [-0.2, -0.15) is 0 Å². The number of nitrogens with one attached hydrogen (secondary N) is 1. The van der Waals surface area contributed by atoms with E-state index in [0.29, 0.717) is 34.1 Å². The van der Waals surface area contributed by atoms with Crippen molar-refractivity contribution in [2.45, 2.75) is 13.5 Å². The molecule has 150 valence electrons. The summed E-state index contributed by atoms with van der Waals surface area (Å²) >= 11 is 5.90. The Morgan fingerprint density at radius 1 is 1.10 bits per heavy atom. The van der Waals surface area contributed by atoms with E-state index in [1.54, 1.807) is 55.7 Å². The number of rotatable bonds is 5. The second-order valence-electron chi connectivity index (χ2n) is 6.68. The van der Waals surface area contributed by atoms with Gasteiger partial charge in [0, 0.05) is 29.5 Å². The van der Waals surface area contributed by atoms with E-state index < -0.39 is 0 Å². The quantitative estimate of drug-likeness (QED) is 0.519. The van der Waals surface area contributed by atoms with E-state index in [9.17, 15) is 9.18 Å². The number of benzene rings is 2. The SMILES string of the molecule is Cc1cc(-n2nnc(C(=O)NCc3ccc(Cl)cc3)c2-c2ccncc2)ccc1F. The largest absolute Gasteiger partial charge is 0.346 e. The zero-order chi connectivity index (χ0) is 21.1. The van der Waals surface area contributed by atoms with Crippen LogP contribution in [0.15, 0.2) is 67.0 Å². The maximum Gasteiger partial charge on any atom is 0.274 e. The van der Waals surface area contributed by atoms with Gasteiger partial charge in [0.05, 0.1) is 5.69 Å². The summed E-state index contributed by atoms with van der Waals surface area (Å²) in [6, 6.07) is 15.3. The Bertz CT molecular complexity index is 1190. The van der Waals surface area contributed by atoms with E-state index in [1.165, 1.54) is 10.7 Å². The van der Waals surface area contributed by atoms with Crippen molar-refractivity contribution in [3.05, 3.63) is 94.7 Å². The topological polar surface area (TPSA) is 72.7 Å². The third kappa shape index (κ3) is 4.06. The van der Waals surface area contributed by atoms with Crippen LogP contribution in [-0.2, 0) is 6.54 Å². The first kappa shape index (κ1) is 19.7. The van der Waals surface area contributed by atoms with Gasteiger partial charge in [0.1, 0.15) is 11.5 Å². The maximum absolute atomic E-state index is 13.7. The molecule has 0 radical (unpaired) electrons. The van der Waals surface area contributed by atoms with Gasteiger partial charge in [-0.1, -0.05) is 28.9 Å². The van der Waals surface area contributed by atoms with Crippen molar-refractivity contribution < 1.29 is 9.18 Å². The van der Waals surface area contributed by atoms with Gasteiger partial charge in [0.2, 0.25) is 0 Å². The fourth-order valence-electron chi connectivity index (χ4n) is 3.01. The first-order valence-electron chi connectivity index (χ1n) is 9.18. The van der Waals surface area contributed by atoms with Gasteiger partial charge in [0.25, 0.3) is 5.91 Å². The van der Waals surface area contributed by atoms with Crippen LogP contribution in [-0.4, -0.2) is 25.9 Å². The molecule has 0 saturated carbocycles. The predicted octanol–water partition coefficient (Wildman–Crippen LogP) is 4.36. The molecule has 2 aromatic heterocycles. The zero-order valence-corrected chi connectivity index (χ0v) is 16.8. The van der Waals surface area contributed by atoms with Crippen molar-refractivity contribution in [1.82, 2.24) is 25.3 Å². The Labute approximate surface area is 177 Å². The standard InChI is InChI=1S/C22H17ClFN5O/c1-14-12-18(6-7-19(14)24)29-21(16-8-10-25-11-9-16)20(27-28-29)22(30)26-13-15-2-4-17(23)5-3-15/h2-12H,13H2,1H3,(H,26,30). The number of hydrogen-bond acceptors (Lipinski definition) is 4. The monoisotopic (exact) mass is 421 g/mol. The van der Waals surface area contributed by atoms with E-state index in [-0.39, 0.29) is 17.4 Å². The van der Waals surface area contributed by atoms with Crippen molar-refractivity contribution in [2.24, 2.45) is 0 Å². The number of pyridine rings is 1. The molecule has 1 amide bonds. The number of carbonyl (C=O) groups is 1. The molecule has 0 atom stereocenters. The number of nitrogens with zero attached hydrogens (tertiary/aromatic N) is 4. The third-order valence-electron chi connectivity index (χ3n) is 4.59. The van der Waals surface area contributed by atoms with E-state index in [0.717, 1.165) is 5.56 Å². The van der Waals surface area contributed by atoms with Gasteiger partial charge in [0.15, 0.2) is 5.69 Å². The fraction of sp³-hybridized carbons (Fsp3) is 0.0909. The highest BCUT2D eigenvalue weighted by molar-refractivity contribution is 6.30. The minimum absolute atomic E-state index is 0.164. The third-order valence-corrected chi connectivity index (χ3v) is 4.84. The van der Waals surface area contributed by atoms with Crippen LogP contribution >= 0.6 is 11.6 Å². The summed E-state index contributed by atoms with van der Waals surface area (Å²) in [5.74, 6) is -0.688. The molecule has 8 heteroatoms. The molecule has 30 heavy (non-hydrogen) atoms. The van der Waals surface area contributed by atoms with Gasteiger partial charge >= 0.3 is 0 Å². The van der Waals surface area contributed by atoms with Crippen LogP contribution < -0.4 is 5.32 Å². The van der Waals surface area contributed by atoms with E-state index >= 15 is 0 Å². The van der Waals surface area contributed by atoms with Crippen LogP contribution in [0, 0.1) is 12.7 Å². The highest BCUT2D eigenvalue weighted by atomic mass is 35.5. The lowest BCUT2D eigenvalue weighted by Gasteiger charge is -2.10. The first-order chi connectivity index (χ1) is 14.5. The number of aryl methyl sites for hydroxylation is 1. The lowest BCUT2D eigenvalue weighted by Crippen LogP contribution is -2.24. The first-order valence-corrected chi connectivity index (χ1v) is 9.56. The molecule has 0 unspecified atom stereocenters. The van der Waals surface area contributed by atoms with Crippen molar-refractivity contribution in [3.63, 3.8) is 0 Å². The Morgan fingerprint density at radius 2 is 1.83 bits per heavy atom. The Kier molecular flexibility index (Phi) is 5.54. The molecule has 2 aromatic carbocycles. The molecule has 4 aromatic rings. The molecule has 0 fully saturated rings. The summed E-state index contributed by atoms with van der Waals surface area (Å²) < 4.78 is 15.3. The van der Waals surface area contributed by atoms with Crippen molar-refractivity contribution >= 4 is 17.5 Å². The normalized spacial score (nSPS) is 10.8. The zero-order valence-electron chi connectivity index (χ0n) is 16.0. The van der Waals surface area contributed by atoms with Crippen LogP contribution in [0.5, 0.6) is 0 Å². The summed E-state index contributed by atoms with van der Waals surface area (Å²) in [5, 5.41) is 11.8. The van der Waals surface area contributed by atoms with Gasteiger partial charge in [-0.05, 0) is 60.5 Å². The Balaban J connectivity index is 1.70. The maximum atomic E-state index is 13.7. The van der Waals surface area contributed by atoms with Crippen molar-refractivity contribution in [3.8, 4) is 16.9 Å². The average Bonchev–Trinajstić information content (AvgIpc) is 3.21. The number of halogens is 2. The lowest BCUT2D eigenvalue weighted by atomic mass is 10.1. The van der Waals surface area contributed by atoms with Crippen LogP contribution in [0.2, 0.25) is 5.02 Å². The van der Waals surface area contributed by atoms with Crippen LogP contribution in [0.25, 0.3) is 16.9 Å². The molecule has 0 aliphatic carbocycles. The highest BCUT2D eigenvalue weighted by Crippen LogP contribution is 2.26. The second-order valence-corrected chi connectivity index (χ2v) is 7.11. The van der Waals surface area contributed by atoms with Crippen LogP contribution in [0.3, 0.4) is 0 Å². The van der Waals surface area contributed by atoms with Crippen LogP contribution in [0.4, 0.5) is 4.39 Å². The fourth-order valence-corrected chi connectivity index (χ4v) is 3.14. The smallest absolute Gasteiger partial charge is 0.274 e. The molecule has 4 rings (SSSR count). The van der Waals surface area contributed by atoms with Crippen molar-refractivity contribution in [2.75, 3.05) is 0 Å². The molecule has 0 bridgehead atoms. The summed E-state index contributed by atoms with van der Waals surface area (Å²) in [4.78, 5) is 16.9. The molecule has 1 N–H and O–H groups in total. The molecule has 0 saturated heterocycles. The predicted molar refractivity (Wildman–Crippen MR) is 112 cm³/mol. The highest BCUT2D eigenvalue weighted by Gasteiger charge is 2.22. The van der Waals surface area contributed by atoms with Gasteiger partial charge in [-0.15, -0.1) is 5.10 Å². The molecule has 2 heterocycles. The second kappa shape index (κ2) is 8.42. The molecule has 0 aliphatic heterocycles. The molecule has 6 nitrogen and oxygen atoms in total. The summed E-state index contributed by atoms with van der Waals surface area (Å²) in [5.41, 5.74) is 3.35. The van der Waals surface area contributed by atoms with Gasteiger partial charge in [-0.25, -0.2) is 9.07 Å². The van der Waals surface area contributed by atoms with E-state index in [4.69, 9.17) is 11.6 Å². The van der Waals surface area contributed by atoms with Crippen molar-refractivity contribution in [1.29, 1.82) is 0 Å². The number of carbonyl (C=O) groups excluding carboxylic acids is 1. The van der Waals surface area contributed by atoms with Crippen LogP contribution in [0.1, 0.15) is 21.6 Å². The van der Waals surface area contributed by atoms with E-state index in [2.05, 4.69) is 20.6 Å². The average molecular weight is 422 g/mol.